The first-order chi connectivity index (χ1) is 12.7. The molecule has 2 unspecified atom stereocenters. The van der Waals surface area contributed by atoms with Crippen molar-refractivity contribution in [1.82, 2.24) is 19.6 Å². The van der Waals surface area contributed by atoms with E-state index in [1.165, 1.54) is 11.8 Å². The van der Waals surface area contributed by atoms with Crippen LogP contribution < -0.4 is 0 Å². The van der Waals surface area contributed by atoms with Gasteiger partial charge in [-0.3, -0.25) is 9.58 Å². The molecule has 3 heterocycles. The van der Waals surface area contributed by atoms with Gasteiger partial charge in [-0.05, 0) is 51.2 Å². The average molecular weight is 374 g/mol. The number of hydrogen-bond donors (Lipinski definition) is 1. The number of carbonyl (C=O) groups excluding carboxylic acids is 1. The molecule has 2 fully saturated rings. The average Bonchev–Trinajstić information content (AvgIpc) is 3.19. The van der Waals surface area contributed by atoms with E-state index in [-0.39, 0.29) is 6.09 Å². The van der Waals surface area contributed by atoms with E-state index in [1.807, 2.05) is 44.3 Å². The Balaban J connectivity index is 1.60. The van der Waals surface area contributed by atoms with Crippen LogP contribution in [-0.4, -0.2) is 63.7 Å². The number of aryl methyl sites for hydroxylation is 1. The van der Waals surface area contributed by atoms with Gasteiger partial charge in [0.15, 0.2) is 0 Å². The second-order valence-corrected chi connectivity index (χ2v) is 8.79. The Morgan fingerprint density at radius 2 is 1.93 bits per heavy atom. The highest BCUT2D eigenvalue weighted by atomic mass is 16.6. The molecule has 2 atom stereocenters. The smallest absolute Gasteiger partial charge is 0.410 e. The third-order valence-corrected chi connectivity index (χ3v) is 5.22. The lowest BCUT2D eigenvalue weighted by Crippen LogP contribution is -2.37. The van der Waals surface area contributed by atoms with Crippen molar-refractivity contribution in [2.75, 3.05) is 26.2 Å². The highest BCUT2D eigenvalue weighted by Crippen LogP contribution is 2.33. The number of hydrogen-bond acceptors (Lipinski definition) is 5. The molecule has 2 saturated heterocycles. The molecule has 0 saturated carbocycles. The number of likely N-dealkylation sites (tertiary alicyclic amines) is 2. The number of allylic oxidation sites excluding steroid dienone is 2. The van der Waals surface area contributed by atoms with E-state index in [0.29, 0.717) is 11.8 Å². The monoisotopic (exact) mass is 373 g/mol. The van der Waals surface area contributed by atoms with Gasteiger partial charge >= 0.3 is 6.09 Å². The van der Waals surface area contributed by atoms with Gasteiger partial charge in [0.2, 0.25) is 0 Å². The maximum absolute atomic E-state index is 12.3. The molecule has 3 rings (SSSR count). The van der Waals surface area contributed by atoms with Crippen molar-refractivity contribution in [2.24, 2.45) is 18.9 Å². The molecule has 0 radical (unpaired) electrons. The molecular formula is C20H31N5O2. The van der Waals surface area contributed by atoms with E-state index in [4.69, 9.17) is 10.1 Å². The molecule has 0 bridgehead atoms. The minimum Gasteiger partial charge on any atom is -0.444 e. The van der Waals surface area contributed by atoms with E-state index >= 15 is 0 Å². The second kappa shape index (κ2) is 7.46. The molecule has 1 aromatic heterocycles. The lowest BCUT2D eigenvalue weighted by molar-refractivity contribution is 0.0274. The molecule has 0 spiro atoms. The van der Waals surface area contributed by atoms with Crippen LogP contribution in [0.2, 0.25) is 0 Å². The number of fused-ring (bicyclic) bond motifs is 1. The van der Waals surface area contributed by atoms with Crippen molar-refractivity contribution >= 4 is 17.9 Å². The summed E-state index contributed by atoms with van der Waals surface area (Å²) < 4.78 is 7.36. The van der Waals surface area contributed by atoms with Crippen molar-refractivity contribution in [2.45, 2.75) is 39.8 Å². The number of nitrogens with one attached hydrogen (secondary N) is 1. The van der Waals surface area contributed by atoms with Crippen LogP contribution in [0.4, 0.5) is 4.79 Å². The van der Waals surface area contributed by atoms with Crippen molar-refractivity contribution in [3.05, 3.63) is 23.5 Å². The second-order valence-electron chi connectivity index (χ2n) is 8.79. The highest BCUT2D eigenvalue weighted by molar-refractivity contribution is 5.81. The van der Waals surface area contributed by atoms with Crippen LogP contribution in [0.15, 0.2) is 12.3 Å². The summed E-state index contributed by atoms with van der Waals surface area (Å²) in [5, 5.41) is 11.8. The predicted octanol–water partition coefficient (Wildman–Crippen LogP) is 2.77. The fourth-order valence-electron chi connectivity index (χ4n) is 4.13. The zero-order valence-corrected chi connectivity index (χ0v) is 17.0. The van der Waals surface area contributed by atoms with Gasteiger partial charge in [0.25, 0.3) is 0 Å². The summed E-state index contributed by atoms with van der Waals surface area (Å²) in [7, 11) is 1.93. The van der Waals surface area contributed by atoms with Gasteiger partial charge in [-0.25, -0.2) is 4.79 Å². The Bertz CT molecular complexity index is 732. The summed E-state index contributed by atoms with van der Waals surface area (Å²) in [6, 6.07) is 0. The Hall–Kier alpha value is -2.15. The van der Waals surface area contributed by atoms with Gasteiger partial charge in [-0.15, -0.1) is 0 Å². The lowest BCUT2D eigenvalue weighted by Gasteiger charge is -2.26. The molecule has 7 heteroatoms. The standard InChI is InChI=1S/C20H31N5O2/c1-14(6-7-21)18-17(8-23(5)22-18)11-24-9-15-12-25(13-16(15)10-24)19(26)27-20(2,3)4/h6-8,15-16,21H,9-13H2,1-5H3/b14-6+,21-7?. The Kier molecular flexibility index (Phi) is 5.42. The van der Waals surface area contributed by atoms with Crippen LogP contribution in [0.5, 0.6) is 0 Å². The fourth-order valence-corrected chi connectivity index (χ4v) is 4.13. The Morgan fingerprint density at radius 3 is 2.48 bits per heavy atom. The molecule has 0 aliphatic carbocycles. The third kappa shape index (κ3) is 4.58. The van der Waals surface area contributed by atoms with Crippen LogP contribution in [0.3, 0.4) is 0 Å². The van der Waals surface area contributed by atoms with E-state index in [2.05, 4.69) is 16.2 Å². The van der Waals surface area contributed by atoms with Gasteiger partial charge in [-0.1, -0.05) is 0 Å². The number of carbonyl (C=O) groups is 1. The molecule has 1 aromatic rings. The molecule has 2 aliphatic rings. The fraction of sp³-hybridized carbons (Fsp3) is 0.650. The molecule has 1 N–H and O–H groups in total. The highest BCUT2D eigenvalue weighted by Gasteiger charge is 2.42. The van der Waals surface area contributed by atoms with Crippen LogP contribution in [0.1, 0.15) is 39.0 Å². The number of amides is 1. The largest absolute Gasteiger partial charge is 0.444 e. The van der Waals surface area contributed by atoms with Crippen LogP contribution in [0, 0.1) is 17.2 Å². The summed E-state index contributed by atoms with van der Waals surface area (Å²) in [4.78, 5) is 16.6. The third-order valence-electron chi connectivity index (χ3n) is 5.22. The summed E-state index contributed by atoms with van der Waals surface area (Å²) in [6.45, 7) is 12.1. The first-order valence-electron chi connectivity index (χ1n) is 9.57. The molecular weight excluding hydrogens is 342 g/mol. The predicted molar refractivity (Wildman–Crippen MR) is 106 cm³/mol. The maximum atomic E-state index is 12.3. The van der Waals surface area contributed by atoms with E-state index in [1.54, 1.807) is 6.08 Å². The van der Waals surface area contributed by atoms with Gasteiger partial charge in [-0.2, -0.15) is 5.10 Å². The minimum absolute atomic E-state index is 0.189. The summed E-state index contributed by atoms with van der Waals surface area (Å²) in [5.41, 5.74) is 2.72. The Morgan fingerprint density at radius 1 is 1.30 bits per heavy atom. The first kappa shape index (κ1) is 19.6. The molecule has 148 valence electrons. The zero-order valence-electron chi connectivity index (χ0n) is 17.0. The lowest BCUT2D eigenvalue weighted by atomic mass is 10.0. The van der Waals surface area contributed by atoms with E-state index in [9.17, 15) is 4.79 Å². The Labute approximate surface area is 161 Å². The van der Waals surface area contributed by atoms with E-state index in [0.717, 1.165) is 44.0 Å². The number of ether oxygens (including phenoxy) is 1. The van der Waals surface area contributed by atoms with Crippen LogP contribution in [0.25, 0.3) is 5.57 Å². The maximum Gasteiger partial charge on any atom is 0.410 e. The van der Waals surface area contributed by atoms with Gasteiger partial charge in [0.05, 0.1) is 5.69 Å². The van der Waals surface area contributed by atoms with Crippen molar-refractivity contribution in [3.8, 4) is 0 Å². The van der Waals surface area contributed by atoms with Crippen molar-refractivity contribution < 1.29 is 9.53 Å². The van der Waals surface area contributed by atoms with Gasteiger partial charge in [0, 0.05) is 57.7 Å². The summed E-state index contributed by atoms with van der Waals surface area (Å²) in [6.07, 6.45) is 4.96. The molecule has 2 aliphatic heterocycles. The van der Waals surface area contributed by atoms with Crippen LogP contribution >= 0.6 is 0 Å². The van der Waals surface area contributed by atoms with Crippen molar-refractivity contribution in [1.29, 1.82) is 5.41 Å². The van der Waals surface area contributed by atoms with Gasteiger partial charge in [0.1, 0.15) is 5.60 Å². The quantitative estimate of drug-likeness (QED) is 0.824. The zero-order chi connectivity index (χ0) is 19.8. The SMILES string of the molecule is C/C(=C\C=N)c1nn(C)cc1CN1CC2CN(C(=O)OC(C)(C)C)CC2C1. The van der Waals surface area contributed by atoms with Gasteiger partial charge < -0.3 is 15.0 Å². The normalized spacial score (nSPS) is 23.6. The number of rotatable bonds is 4. The van der Waals surface area contributed by atoms with Crippen LogP contribution in [-0.2, 0) is 18.3 Å². The molecule has 27 heavy (non-hydrogen) atoms. The topological polar surface area (TPSA) is 74.5 Å². The number of nitrogens with zero attached hydrogens (tertiary/aromatic N) is 4. The van der Waals surface area contributed by atoms with E-state index < -0.39 is 5.60 Å². The minimum atomic E-state index is -0.445. The molecule has 1 amide bonds. The summed E-state index contributed by atoms with van der Waals surface area (Å²) >= 11 is 0. The summed E-state index contributed by atoms with van der Waals surface area (Å²) in [5.74, 6) is 1.02. The molecule has 0 aromatic carbocycles. The molecule has 7 nitrogen and oxygen atoms in total. The number of aromatic nitrogens is 2. The first-order valence-corrected chi connectivity index (χ1v) is 9.57. The van der Waals surface area contributed by atoms with Crippen molar-refractivity contribution in [3.63, 3.8) is 0 Å².